The molecule has 4 nitrogen and oxygen atoms in total. The van der Waals surface area contributed by atoms with Gasteiger partial charge in [-0.1, -0.05) is 0 Å². The van der Waals surface area contributed by atoms with Gasteiger partial charge in [0.15, 0.2) is 5.79 Å². The fraction of sp³-hybridized carbons (Fsp3) is 0.857. The van der Waals surface area contributed by atoms with Crippen LogP contribution in [0.1, 0.15) is 13.8 Å². The quantitative estimate of drug-likeness (QED) is 0.528. The van der Waals surface area contributed by atoms with Gasteiger partial charge in [-0.2, -0.15) is 0 Å². The number of carbonyl (C=O) groups is 1. The van der Waals surface area contributed by atoms with Gasteiger partial charge in [0.2, 0.25) is 0 Å². The molecule has 0 atom stereocenters. The van der Waals surface area contributed by atoms with Crippen LogP contribution in [0.2, 0.25) is 0 Å². The van der Waals surface area contributed by atoms with Crippen molar-refractivity contribution in [3.8, 4) is 0 Å². The molecule has 0 N–H and O–H groups in total. The molecule has 1 fully saturated rings. The van der Waals surface area contributed by atoms with Crippen LogP contribution in [-0.4, -0.2) is 32.6 Å². The molecule has 1 aliphatic heterocycles. The number of rotatable bonds is 1. The summed E-state index contributed by atoms with van der Waals surface area (Å²) < 4.78 is 14.1. The Morgan fingerprint density at radius 2 is 1.73 bits per heavy atom. The molecule has 0 aromatic carbocycles. The van der Waals surface area contributed by atoms with E-state index >= 15 is 0 Å². The lowest BCUT2D eigenvalue weighted by molar-refractivity contribution is -0.126. The molecule has 0 radical (unpaired) electrons. The van der Waals surface area contributed by atoms with E-state index in [9.17, 15) is 0 Å². The highest BCUT2D eigenvalue weighted by Gasteiger charge is 2.23. The van der Waals surface area contributed by atoms with Crippen molar-refractivity contribution in [3.63, 3.8) is 0 Å². The highest BCUT2D eigenvalue weighted by atomic mass is 16.7. The molecule has 0 spiro atoms. The lowest BCUT2D eigenvalue weighted by atomic mass is 10.4. The van der Waals surface area contributed by atoms with Gasteiger partial charge in [0.1, 0.15) is 0 Å². The van der Waals surface area contributed by atoms with E-state index in [1.807, 2.05) is 13.8 Å². The fourth-order valence-electron chi connectivity index (χ4n) is 0.617. The first-order valence-electron chi connectivity index (χ1n) is 3.37. The first-order chi connectivity index (χ1) is 5.12. The smallest absolute Gasteiger partial charge is 0.292 e. The minimum Gasteiger partial charge on any atom is -0.471 e. The first kappa shape index (κ1) is 10.4. The van der Waals surface area contributed by atoms with E-state index in [0.717, 1.165) is 13.2 Å². The first-order valence-corrected chi connectivity index (χ1v) is 3.37. The monoisotopic (exact) mass is 162 g/mol. The molecule has 66 valence electrons. The highest BCUT2D eigenvalue weighted by Crippen LogP contribution is 2.15. The molecular weight excluding hydrogens is 148 g/mol. The van der Waals surface area contributed by atoms with Gasteiger partial charge in [0.05, 0.1) is 20.3 Å². The maximum atomic E-state index is 8.95. The summed E-state index contributed by atoms with van der Waals surface area (Å²) in [6.07, 6.45) is 0. The van der Waals surface area contributed by atoms with E-state index in [-0.39, 0.29) is 5.79 Å². The Morgan fingerprint density at radius 1 is 1.36 bits per heavy atom. The van der Waals surface area contributed by atoms with Gasteiger partial charge < -0.3 is 14.2 Å². The summed E-state index contributed by atoms with van der Waals surface area (Å²) in [5.41, 5.74) is 0. The fourth-order valence-corrected chi connectivity index (χ4v) is 0.617. The molecule has 4 heteroatoms. The number of ether oxygens (including phenoxy) is 3. The van der Waals surface area contributed by atoms with Gasteiger partial charge >= 0.3 is 0 Å². The Bertz CT molecular complexity index is 103. The number of carbonyl (C=O) groups excluding carboxylic acids is 1. The minimum atomic E-state index is -0.306. The van der Waals surface area contributed by atoms with Gasteiger partial charge in [0.25, 0.3) is 6.47 Å². The zero-order valence-corrected chi connectivity index (χ0v) is 7.12. The van der Waals surface area contributed by atoms with Gasteiger partial charge in [-0.15, -0.1) is 0 Å². The molecule has 1 aliphatic rings. The number of hydrogen-bond donors (Lipinski definition) is 0. The molecule has 0 amide bonds. The predicted molar refractivity (Wildman–Crippen MR) is 39.1 cm³/mol. The average molecular weight is 162 g/mol. The second-order valence-corrected chi connectivity index (χ2v) is 2.43. The van der Waals surface area contributed by atoms with Crippen LogP contribution in [0, 0.1) is 0 Å². The van der Waals surface area contributed by atoms with Crippen LogP contribution in [0.25, 0.3) is 0 Å². The average Bonchev–Trinajstić information content (AvgIpc) is 2.35. The van der Waals surface area contributed by atoms with E-state index in [1.54, 1.807) is 0 Å². The van der Waals surface area contributed by atoms with E-state index < -0.39 is 0 Å². The molecule has 1 heterocycles. The van der Waals surface area contributed by atoms with Gasteiger partial charge in [-0.05, 0) is 13.8 Å². The molecule has 1 saturated heterocycles. The molecule has 0 aliphatic carbocycles. The number of methoxy groups -OCH3 is 1. The summed E-state index contributed by atoms with van der Waals surface area (Å²) in [6.45, 7) is 5.69. The molecule has 0 bridgehead atoms. The summed E-state index contributed by atoms with van der Waals surface area (Å²) in [5, 5.41) is 0. The van der Waals surface area contributed by atoms with Crippen molar-refractivity contribution in [2.45, 2.75) is 19.6 Å². The SMILES string of the molecule is CC1(C)OCCO1.COC=O. The van der Waals surface area contributed by atoms with E-state index in [4.69, 9.17) is 14.3 Å². The van der Waals surface area contributed by atoms with Crippen LogP contribution >= 0.6 is 0 Å². The Labute approximate surface area is 66.4 Å². The van der Waals surface area contributed by atoms with E-state index in [0.29, 0.717) is 6.47 Å². The van der Waals surface area contributed by atoms with Crippen molar-refractivity contribution in [2.75, 3.05) is 20.3 Å². The second kappa shape index (κ2) is 5.09. The standard InChI is InChI=1S/C5H10O2.C2H4O2/c1-5(2)6-3-4-7-5;1-4-2-3/h3-4H2,1-2H3;2H,1H3. The lowest BCUT2D eigenvalue weighted by Crippen LogP contribution is -2.18. The summed E-state index contributed by atoms with van der Waals surface area (Å²) in [6, 6.07) is 0. The van der Waals surface area contributed by atoms with Crippen LogP contribution in [0.4, 0.5) is 0 Å². The zero-order valence-electron chi connectivity index (χ0n) is 7.12. The van der Waals surface area contributed by atoms with Crippen molar-refractivity contribution in [1.29, 1.82) is 0 Å². The molecule has 0 aromatic rings. The van der Waals surface area contributed by atoms with Crippen LogP contribution < -0.4 is 0 Å². The van der Waals surface area contributed by atoms with E-state index in [2.05, 4.69) is 4.74 Å². The number of hydrogen-bond acceptors (Lipinski definition) is 4. The van der Waals surface area contributed by atoms with Gasteiger partial charge in [-0.25, -0.2) is 0 Å². The molecule has 0 unspecified atom stereocenters. The molecular formula is C7H14O4. The predicted octanol–water partition coefficient (Wildman–Crippen LogP) is 0.558. The summed E-state index contributed by atoms with van der Waals surface area (Å²) in [5.74, 6) is -0.306. The van der Waals surface area contributed by atoms with Crippen molar-refractivity contribution in [2.24, 2.45) is 0 Å². The molecule has 1 rings (SSSR count). The Balaban J connectivity index is 0.000000218. The normalized spacial score (nSPS) is 19.9. The molecule has 0 saturated carbocycles. The van der Waals surface area contributed by atoms with Crippen LogP contribution in [0.5, 0.6) is 0 Å². The lowest BCUT2D eigenvalue weighted by Gasteiger charge is -2.13. The highest BCUT2D eigenvalue weighted by molar-refractivity contribution is 5.36. The summed E-state index contributed by atoms with van der Waals surface area (Å²) >= 11 is 0. The van der Waals surface area contributed by atoms with Gasteiger partial charge in [0, 0.05) is 0 Å². The molecule has 0 aromatic heterocycles. The Morgan fingerprint density at radius 3 is 1.82 bits per heavy atom. The Kier molecular flexibility index (Phi) is 4.81. The molecule has 11 heavy (non-hydrogen) atoms. The zero-order chi connectivity index (χ0) is 8.74. The van der Waals surface area contributed by atoms with Crippen molar-refractivity contribution in [3.05, 3.63) is 0 Å². The largest absolute Gasteiger partial charge is 0.471 e. The van der Waals surface area contributed by atoms with Crippen molar-refractivity contribution < 1.29 is 19.0 Å². The summed E-state index contributed by atoms with van der Waals surface area (Å²) in [7, 11) is 1.31. The second-order valence-electron chi connectivity index (χ2n) is 2.43. The minimum absolute atomic E-state index is 0.306. The third kappa shape index (κ3) is 5.82. The third-order valence-corrected chi connectivity index (χ3v) is 1.08. The maximum Gasteiger partial charge on any atom is 0.292 e. The van der Waals surface area contributed by atoms with Crippen LogP contribution in [-0.2, 0) is 19.0 Å². The topological polar surface area (TPSA) is 44.8 Å². The maximum absolute atomic E-state index is 8.95. The van der Waals surface area contributed by atoms with Crippen LogP contribution in [0.3, 0.4) is 0 Å². The Hall–Kier alpha value is -0.610. The van der Waals surface area contributed by atoms with Crippen LogP contribution in [0.15, 0.2) is 0 Å². The van der Waals surface area contributed by atoms with Gasteiger partial charge in [-0.3, -0.25) is 4.79 Å². The third-order valence-electron chi connectivity index (χ3n) is 1.08. The summed E-state index contributed by atoms with van der Waals surface area (Å²) in [4.78, 5) is 8.95. The van der Waals surface area contributed by atoms with Crippen molar-refractivity contribution >= 4 is 6.47 Å². The van der Waals surface area contributed by atoms with E-state index in [1.165, 1.54) is 7.11 Å². The van der Waals surface area contributed by atoms with Crippen molar-refractivity contribution in [1.82, 2.24) is 0 Å².